The lowest BCUT2D eigenvalue weighted by molar-refractivity contribution is -0.139. The smallest absolute Gasteiger partial charge is 0.311 e. The maximum absolute atomic E-state index is 12.5. The van der Waals surface area contributed by atoms with Gasteiger partial charge in [0, 0.05) is 17.6 Å². The molecule has 2 heterocycles. The first-order valence-electron chi connectivity index (χ1n) is 6.34. The molecule has 0 bridgehead atoms. The van der Waals surface area contributed by atoms with E-state index in [-0.39, 0.29) is 5.91 Å². The quantitative estimate of drug-likeness (QED) is 0.923. The van der Waals surface area contributed by atoms with Gasteiger partial charge in [0.1, 0.15) is 0 Å². The number of anilines is 1. The molecule has 5 heteroatoms. The molecule has 0 saturated carbocycles. The van der Waals surface area contributed by atoms with Crippen LogP contribution in [0.5, 0.6) is 0 Å². The fourth-order valence-electron chi connectivity index (χ4n) is 2.57. The van der Waals surface area contributed by atoms with Gasteiger partial charge in [0.05, 0.1) is 11.5 Å². The molecule has 0 aliphatic carbocycles. The highest BCUT2D eigenvalue weighted by atomic mass is 32.1. The topological polar surface area (TPSA) is 57.6 Å². The molecular formula is C15H13NO3S. The molecule has 102 valence electrons. The minimum Gasteiger partial charge on any atom is -0.481 e. The first kappa shape index (κ1) is 12.9. The molecule has 1 atom stereocenters. The standard InChI is InChI=1S/C15H13NO3S/c17-14(10-6-8-20-9-10)16-7-5-12(15(18)19)11-3-1-2-4-13(11)16/h1-4,6,8-9,12H,5,7H2,(H,18,19). The second kappa shape index (κ2) is 5.09. The predicted octanol–water partition coefficient (Wildman–Crippen LogP) is 2.97. The van der Waals surface area contributed by atoms with E-state index in [4.69, 9.17) is 0 Å². The Kier molecular flexibility index (Phi) is 3.28. The van der Waals surface area contributed by atoms with E-state index in [0.29, 0.717) is 24.2 Å². The summed E-state index contributed by atoms with van der Waals surface area (Å²) in [6, 6.07) is 9.04. The number of nitrogens with zero attached hydrogens (tertiary/aromatic N) is 1. The number of carboxylic acids is 1. The van der Waals surface area contributed by atoms with Crippen LogP contribution in [0.1, 0.15) is 28.3 Å². The summed E-state index contributed by atoms with van der Waals surface area (Å²) in [7, 11) is 0. The number of hydrogen-bond acceptors (Lipinski definition) is 3. The number of hydrogen-bond donors (Lipinski definition) is 1. The van der Waals surface area contributed by atoms with Crippen LogP contribution in [0.2, 0.25) is 0 Å². The van der Waals surface area contributed by atoms with Gasteiger partial charge in [-0.3, -0.25) is 9.59 Å². The number of rotatable bonds is 2. The van der Waals surface area contributed by atoms with Gasteiger partial charge in [0.15, 0.2) is 0 Å². The van der Waals surface area contributed by atoms with Crippen molar-refractivity contribution in [3.63, 3.8) is 0 Å². The monoisotopic (exact) mass is 287 g/mol. The van der Waals surface area contributed by atoms with Crippen LogP contribution in [0.25, 0.3) is 0 Å². The summed E-state index contributed by atoms with van der Waals surface area (Å²) in [6.07, 6.45) is 0.447. The summed E-state index contributed by atoms with van der Waals surface area (Å²) >= 11 is 1.48. The Morgan fingerprint density at radius 3 is 2.75 bits per heavy atom. The molecular weight excluding hydrogens is 274 g/mol. The Hall–Kier alpha value is -2.14. The number of carboxylic acid groups (broad SMARTS) is 1. The van der Waals surface area contributed by atoms with Crippen LogP contribution in [0, 0.1) is 0 Å². The van der Waals surface area contributed by atoms with Crippen LogP contribution >= 0.6 is 11.3 Å². The van der Waals surface area contributed by atoms with E-state index < -0.39 is 11.9 Å². The molecule has 1 aromatic carbocycles. The Bertz CT molecular complexity index is 651. The van der Waals surface area contributed by atoms with Gasteiger partial charge in [-0.25, -0.2) is 0 Å². The van der Waals surface area contributed by atoms with E-state index in [1.165, 1.54) is 11.3 Å². The van der Waals surface area contributed by atoms with E-state index in [0.717, 1.165) is 5.56 Å². The molecule has 1 amide bonds. The molecule has 1 aliphatic heterocycles. The van der Waals surface area contributed by atoms with Gasteiger partial charge in [-0.15, -0.1) is 0 Å². The van der Waals surface area contributed by atoms with Crippen LogP contribution < -0.4 is 4.90 Å². The van der Waals surface area contributed by atoms with Gasteiger partial charge < -0.3 is 10.0 Å². The van der Waals surface area contributed by atoms with Gasteiger partial charge in [0.25, 0.3) is 5.91 Å². The van der Waals surface area contributed by atoms with Crippen molar-refractivity contribution in [3.05, 3.63) is 52.2 Å². The summed E-state index contributed by atoms with van der Waals surface area (Å²) in [5.41, 5.74) is 2.08. The molecule has 4 nitrogen and oxygen atoms in total. The van der Waals surface area contributed by atoms with Gasteiger partial charge in [0.2, 0.25) is 0 Å². The molecule has 2 aromatic rings. The molecule has 20 heavy (non-hydrogen) atoms. The second-order valence-corrected chi connectivity index (χ2v) is 5.49. The van der Waals surface area contributed by atoms with Crippen LogP contribution in [0.3, 0.4) is 0 Å². The first-order chi connectivity index (χ1) is 9.68. The number of aliphatic carboxylic acids is 1. The molecule has 1 N–H and O–H groups in total. The third-order valence-corrected chi connectivity index (χ3v) is 4.24. The number of thiophene rings is 1. The van der Waals surface area contributed by atoms with Crippen molar-refractivity contribution in [2.24, 2.45) is 0 Å². The summed E-state index contributed by atoms with van der Waals surface area (Å²) in [6.45, 7) is 0.433. The predicted molar refractivity (Wildman–Crippen MR) is 77.4 cm³/mol. The van der Waals surface area contributed by atoms with Crippen molar-refractivity contribution in [1.29, 1.82) is 0 Å². The minimum atomic E-state index is -0.833. The Morgan fingerprint density at radius 2 is 2.05 bits per heavy atom. The maximum Gasteiger partial charge on any atom is 0.311 e. The van der Waals surface area contributed by atoms with Crippen LogP contribution in [-0.2, 0) is 4.79 Å². The van der Waals surface area contributed by atoms with Gasteiger partial charge in [-0.1, -0.05) is 18.2 Å². The highest BCUT2D eigenvalue weighted by Gasteiger charge is 2.32. The molecule has 0 spiro atoms. The zero-order chi connectivity index (χ0) is 14.1. The van der Waals surface area contributed by atoms with Crippen molar-refractivity contribution in [3.8, 4) is 0 Å². The Morgan fingerprint density at radius 1 is 1.25 bits per heavy atom. The van der Waals surface area contributed by atoms with E-state index in [9.17, 15) is 14.7 Å². The molecule has 0 fully saturated rings. The number of benzene rings is 1. The van der Waals surface area contributed by atoms with Crippen molar-refractivity contribution in [2.75, 3.05) is 11.4 Å². The van der Waals surface area contributed by atoms with Gasteiger partial charge in [-0.2, -0.15) is 11.3 Å². The summed E-state index contributed by atoms with van der Waals surface area (Å²) in [5, 5.41) is 13.0. The zero-order valence-corrected chi connectivity index (χ0v) is 11.5. The summed E-state index contributed by atoms with van der Waals surface area (Å²) < 4.78 is 0. The van der Waals surface area contributed by atoms with Crippen LogP contribution in [0.4, 0.5) is 5.69 Å². The maximum atomic E-state index is 12.5. The van der Waals surface area contributed by atoms with E-state index >= 15 is 0 Å². The first-order valence-corrected chi connectivity index (χ1v) is 7.28. The lowest BCUT2D eigenvalue weighted by Crippen LogP contribution is -2.38. The van der Waals surface area contributed by atoms with E-state index in [1.807, 2.05) is 29.0 Å². The number of carbonyl (C=O) groups excluding carboxylic acids is 1. The fraction of sp³-hybridized carbons (Fsp3) is 0.200. The van der Waals surface area contributed by atoms with Crippen molar-refractivity contribution in [2.45, 2.75) is 12.3 Å². The average molecular weight is 287 g/mol. The second-order valence-electron chi connectivity index (χ2n) is 4.71. The van der Waals surface area contributed by atoms with E-state index in [1.54, 1.807) is 17.0 Å². The Balaban J connectivity index is 2.01. The van der Waals surface area contributed by atoms with Crippen molar-refractivity contribution >= 4 is 28.9 Å². The molecule has 0 saturated heterocycles. The van der Waals surface area contributed by atoms with Crippen molar-refractivity contribution in [1.82, 2.24) is 0 Å². The number of amides is 1. The lowest BCUT2D eigenvalue weighted by atomic mass is 9.90. The average Bonchev–Trinajstić information content (AvgIpc) is 2.99. The fourth-order valence-corrected chi connectivity index (χ4v) is 3.20. The molecule has 0 radical (unpaired) electrons. The zero-order valence-electron chi connectivity index (χ0n) is 10.7. The largest absolute Gasteiger partial charge is 0.481 e. The summed E-state index contributed by atoms with van der Waals surface area (Å²) in [4.78, 5) is 25.5. The van der Waals surface area contributed by atoms with Crippen LogP contribution in [0.15, 0.2) is 41.1 Å². The molecule has 1 unspecified atom stereocenters. The summed E-state index contributed by atoms with van der Waals surface area (Å²) in [5.74, 6) is -1.43. The molecule has 1 aliphatic rings. The number of para-hydroxylation sites is 1. The van der Waals surface area contributed by atoms with Gasteiger partial charge >= 0.3 is 5.97 Å². The van der Waals surface area contributed by atoms with E-state index in [2.05, 4.69) is 0 Å². The SMILES string of the molecule is O=C(O)C1CCN(C(=O)c2ccsc2)c2ccccc21. The van der Waals surface area contributed by atoms with Crippen molar-refractivity contribution < 1.29 is 14.7 Å². The Labute approximate surface area is 120 Å². The van der Waals surface area contributed by atoms with Gasteiger partial charge in [-0.05, 0) is 29.5 Å². The highest BCUT2D eigenvalue weighted by molar-refractivity contribution is 7.08. The molecule has 3 rings (SSSR count). The highest BCUT2D eigenvalue weighted by Crippen LogP contribution is 2.36. The van der Waals surface area contributed by atoms with Crippen LogP contribution in [-0.4, -0.2) is 23.5 Å². The number of fused-ring (bicyclic) bond motifs is 1. The lowest BCUT2D eigenvalue weighted by Gasteiger charge is -2.32. The molecule has 1 aromatic heterocycles. The minimum absolute atomic E-state index is 0.0671. The third kappa shape index (κ3) is 2.10. The third-order valence-electron chi connectivity index (χ3n) is 3.56. The normalized spacial score (nSPS) is 17.6. The number of carbonyl (C=O) groups is 2.